The van der Waals surface area contributed by atoms with Gasteiger partial charge >= 0.3 is 0 Å². The van der Waals surface area contributed by atoms with Gasteiger partial charge in [0.2, 0.25) is 0 Å². The van der Waals surface area contributed by atoms with Crippen LogP contribution in [0.25, 0.3) is 0 Å². The lowest BCUT2D eigenvalue weighted by molar-refractivity contribution is 0.182. The molecule has 1 N–H and O–H groups in total. The average molecular weight is 295 g/mol. The molecule has 0 spiro atoms. The molecule has 0 fully saturated rings. The van der Waals surface area contributed by atoms with Crippen LogP contribution in [-0.4, -0.2) is 26.8 Å². The van der Waals surface area contributed by atoms with E-state index in [1.807, 2.05) is 12.1 Å². The van der Waals surface area contributed by atoms with E-state index < -0.39 is 0 Å². The maximum Gasteiger partial charge on any atom is 0.123 e. The van der Waals surface area contributed by atoms with Gasteiger partial charge in [0, 0.05) is 20.2 Å². The van der Waals surface area contributed by atoms with Gasteiger partial charge in [0.1, 0.15) is 5.82 Å². The van der Waals surface area contributed by atoms with Crippen molar-refractivity contribution in [2.45, 2.75) is 46.0 Å². The first-order chi connectivity index (χ1) is 10.2. The van der Waals surface area contributed by atoms with Crippen molar-refractivity contribution in [1.82, 2.24) is 5.32 Å². The summed E-state index contributed by atoms with van der Waals surface area (Å²) in [7, 11) is 1.72. The van der Waals surface area contributed by atoms with E-state index in [1.54, 1.807) is 13.2 Å². The number of unbranched alkanes of at least 4 members (excludes halogenated alkanes) is 1. The Hall–Kier alpha value is -0.930. The average Bonchev–Trinajstić information content (AvgIpc) is 2.49. The van der Waals surface area contributed by atoms with E-state index in [9.17, 15) is 4.39 Å². The number of benzene rings is 1. The molecule has 0 saturated heterocycles. The van der Waals surface area contributed by atoms with Crippen LogP contribution in [0.1, 0.15) is 45.1 Å². The van der Waals surface area contributed by atoms with Crippen molar-refractivity contribution in [3.05, 3.63) is 35.6 Å². The summed E-state index contributed by atoms with van der Waals surface area (Å²) < 4.78 is 18.5. The molecule has 1 aromatic carbocycles. The fourth-order valence-electron chi connectivity index (χ4n) is 2.83. The maximum atomic E-state index is 13.4. The summed E-state index contributed by atoms with van der Waals surface area (Å²) >= 11 is 0. The summed E-state index contributed by atoms with van der Waals surface area (Å²) in [5, 5.41) is 3.50. The zero-order valence-corrected chi connectivity index (χ0v) is 13.8. The molecule has 0 aliphatic heterocycles. The van der Waals surface area contributed by atoms with Crippen LogP contribution in [0.3, 0.4) is 0 Å². The zero-order chi connectivity index (χ0) is 15.6. The van der Waals surface area contributed by atoms with Gasteiger partial charge in [-0.15, -0.1) is 0 Å². The number of halogens is 1. The minimum atomic E-state index is -0.139. The monoisotopic (exact) mass is 295 g/mol. The molecule has 0 aliphatic carbocycles. The smallest absolute Gasteiger partial charge is 0.123 e. The van der Waals surface area contributed by atoms with E-state index >= 15 is 0 Å². The number of hydrogen-bond acceptors (Lipinski definition) is 2. The third-order valence-corrected chi connectivity index (χ3v) is 4.26. The van der Waals surface area contributed by atoms with Crippen LogP contribution in [0.4, 0.5) is 4.39 Å². The predicted molar refractivity (Wildman–Crippen MR) is 87.1 cm³/mol. The van der Waals surface area contributed by atoms with E-state index in [4.69, 9.17) is 4.74 Å². The summed E-state index contributed by atoms with van der Waals surface area (Å²) in [4.78, 5) is 0. The van der Waals surface area contributed by atoms with Crippen molar-refractivity contribution in [3.63, 3.8) is 0 Å². The topological polar surface area (TPSA) is 21.3 Å². The highest BCUT2D eigenvalue weighted by molar-refractivity contribution is 5.18. The Balaban J connectivity index is 2.73. The van der Waals surface area contributed by atoms with Crippen LogP contribution in [0.2, 0.25) is 0 Å². The van der Waals surface area contributed by atoms with E-state index in [0.29, 0.717) is 0 Å². The molecule has 0 saturated carbocycles. The van der Waals surface area contributed by atoms with E-state index in [0.717, 1.165) is 38.1 Å². The molecule has 0 aromatic heterocycles. The van der Waals surface area contributed by atoms with Crippen LogP contribution >= 0.6 is 0 Å². The highest BCUT2D eigenvalue weighted by Crippen LogP contribution is 2.32. The van der Waals surface area contributed by atoms with Gasteiger partial charge in [-0.05, 0) is 42.4 Å². The molecule has 1 aromatic rings. The molecule has 0 amide bonds. The van der Waals surface area contributed by atoms with Gasteiger partial charge in [0.05, 0.1) is 6.61 Å². The molecule has 120 valence electrons. The Bertz CT molecular complexity index is 397. The van der Waals surface area contributed by atoms with E-state index in [-0.39, 0.29) is 11.2 Å². The van der Waals surface area contributed by atoms with Crippen molar-refractivity contribution in [3.8, 4) is 0 Å². The molecular formula is C18H30FNO. The summed E-state index contributed by atoms with van der Waals surface area (Å²) in [5.74, 6) is -0.139. The largest absolute Gasteiger partial charge is 0.383 e. The third-order valence-electron chi connectivity index (χ3n) is 4.26. The molecule has 21 heavy (non-hydrogen) atoms. The highest BCUT2D eigenvalue weighted by Gasteiger charge is 2.27. The van der Waals surface area contributed by atoms with Crippen molar-refractivity contribution in [2.24, 2.45) is 5.41 Å². The first kappa shape index (κ1) is 18.1. The van der Waals surface area contributed by atoms with Crippen LogP contribution in [0.5, 0.6) is 0 Å². The number of hydrogen-bond donors (Lipinski definition) is 1. The van der Waals surface area contributed by atoms with Crippen LogP contribution < -0.4 is 5.32 Å². The molecule has 0 bridgehead atoms. The van der Waals surface area contributed by atoms with Gasteiger partial charge in [-0.3, -0.25) is 0 Å². The molecular weight excluding hydrogens is 265 g/mol. The van der Waals surface area contributed by atoms with E-state index in [2.05, 4.69) is 19.2 Å². The Kier molecular flexibility index (Phi) is 8.55. The molecule has 1 unspecified atom stereocenters. The standard InChI is InChI=1S/C18H30FNO/c1-4-6-10-18(5-2,15-20-11-12-21-3)14-16-8-7-9-17(19)13-16/h7-9,13,20H,4-6,10-12,14-15H2,1-3H3. The Morgan fingerprint density at radius 1 is 1.29 bits per heavy atom. The predicted octanol–water partition coefficient (Wildman–Crippen LogP) is 4.19. The lowest BCUT2D eigenvalue weighted by atomic mass is 9.75. The summed E-state index contributed by atoms with van der Waals surface area (Å²) in [6.07, 6.45) is 5.62. The van der Waals surface area contributed by atoms with Crippen LogP contribution in [-0.2, 0) is 11.2 Å². The van der Waals surface area contributed by atoms with E-state index in [1.165, 1.54) is 25.3 Å². The van der Waals surface area contributed by atoms with Gasteiger partial charge in [-0.1, -0.05) is 38.8 Å². The molecule has 0 radical (unpaired) electrons. The van der Waals surface area contributed by atoms with Gasteiger partial charge < -0.3 is 10.1 Å². The minimum absolute atomic E-state index is 0.139. The quantitative estimate of drug-likeness (QED) is 0.618. The fourth-order valence-corrected chi connectivity index (χ4v) is 2.83. The molecule has 0 aliphatic rings. The third kappa shape index (κ3) is 6.58. The Morgan fingerprint density at radius 3 is 2.71 bits per heavy atom. The van der Waals surface area contributed by atoms with Gasteiger partial charge in [0.25, 0.3) is 0 Å². The lowest BCUT2D eigenvalue weighted by Crippen LogP contribution is -2.37. The highest BCUT2D eigenvalue weighted by atomic mass is 19.1. The summed E-state index contributed by atoms with van der Waals surface area (Å²) in [6.45, 7) is 7.03. The fraction of sp³-hybridized carbons (Fsp3) is 0.667. The Labute approximate surface area is 129 Å². The second kappa shape index (κ2) is 9.91. The normalized spacial score (nSPS) is 14.1. The van der Waals surface area contributed by atoms with Crippen LogP contribution in [0.15, 0.2) is 24.3 Å². The number of ether oxygens (including phenoxy) is 1. The second-order valence-electron chi connectivity index (χ2n) is 5.93. The van der Waals surface area contributed by atoms with Crippen LogP contribution in [0, 0.1) is 11.2 Å². The molecule has 0 heterocycles. The Morgan fingerprint density at radius 2 is 2.10 bits per heavy atom. The zero-order valence-electron chi connectivity index (χ0n) is 13.8. The molecule has 1 rings (SSSR count). The number of rotatable bonds is 11. The minimum Gasteiger partial charge on any atom is -0.383 e. The summed E-state index contributed by atoms with van der Waals surface area (Å²) in [6, 6.07) is 7.03. The van der Waals surface area contributed by atoms with Gasteiger partial charge in [-0.2, -0.15) is 0 Å². The van der Waals surface area contributed by atoms with Crippen molar-refractivity contribution < 1.29 is 9.13 Å². The first-order valence-electron chi connectivity index (χ1n) is 8.10. The van der Waals surface area contributed by atoms with Crippen molar-refractivity contribution >= 4 is 0 Å². The van der Waals surface area contributed by atoms with Gasteiger partial charge in [-0.25, -0.2) is 4.39 Å². The molecule has 2 nitrogen and oxygen atoms in total. The molecule has 1 atom stereocenters. The summed E-state index contributed by atoms with van der Waals surface area (Å²) in [5.41, 5.74) is 1.30. The van der Waals surface area contributed by atoms with Crippen molar-refractivity contribution in [1.29, 1.82) is 0 Å². The molecule has 3 heteroatoms. The second-order valence-corrected chi connectivity index (χ2v) is 5.93. The first-order valence-corrected chi connectivity index (χ1v) is 8.10. The van der Waals surface area contributed by atoms with Crippen molar-refractivity contribution in [2.75, 3.05) is 26.8 Å². The lowest BCUT2D eigenvalue weighted by Gasteiger charge is -2.34. The number of nitrogens with one attached hydrogen (secondary N) is 1. The number of methoxy groups -OCH3 is 1. The SMILES string of the molecule is CCCCC(CC)(CNCCOC)Cc1cccc(F)c1. The van der Waals surface area contributed by atoms with Gasteiger partial charge in [0.15, 0.2) is 0 Å². The maximum absolute atomic E-state index is 13.4.